The molecule has 2 rings (SSSR count). The number of aryl methyl sites for hydroxylation is 1. The molecule has 0 aliphatic carbocycles. The quantitative estimate of drug-likeness (QED) is 0.531. The Morgan fingerprint density at radius 2 is 1.65 bits per heavy atom. The van der Waals surface area contributed by atoms with Crippen molar-refractivity contribution in [3.63, 3.8) is 0 Å². The van der Waals surface area contributed by atoms with Crippen molar-refractivity contribution in [1.82, 2.24) is 0 Å². The average molecular weight is 444 g/mol. The van der Waals surface area contributed by atoms with Crippen LogP contribution in [0.1, 0.15) is 30.9 Å². The largest absolute Gasteiger partial charge is 0.375 e. The average Bonchev–Trinajstić information content (AvgIpc) is 2.61. The predicted octanol–water partition coefficient (Wildman–Crippen LogP) is 3.85. The Morgan fingerprint density at radius 3 is 2.22 bits per heavy atom. The number of hydrogen-bond donors (Lipinski definition) is 0. The highest BCUT2D eigenvalue weighted by Crippen LogP contribution is 2.21. The highest BCUT2D eigenvalue weighted by atomic mass is 127. The van der Waals surface area contributed by atoms with Gasteiger partial charge in [0.15, 0.2) is 5.75 Å². The molecule has 0 radical (unpaired) electrons. The molecule has 6 heteroatoms. The third-order valence-electron chi connectivity index (χ3n) is 3.34. The molecule has 2 aromatic rings. The van der Waals surface area contributed by atoms with E-state index < -0.39 is 15.5 Å². The smallest absolute Gasteiger partial charge is 0.339 e. The van der Waals surface area contributed by atoms with Gasteiger partial charge in [-0.3, -0.25) is 4.79 Å². The zero-order valence-corrected chi connectivity index (χ0v) is 16.0. The van der Waals surface area contributed by atoms with Gasteiger partial charge < -0.3 is 4.18 Å². The van der Waals surface area contributed by atoms with Gasteiger partial charge in [-0.05, 0) is 65.3 Å². The molecule has 0 aromatic heterocycles. The molecule has 0 atom stereocenters. The Balaban J connectivity index is 2.53. The van der Waals surface area contributed by atoms with Gasteiger partial charge in [-0.2, -0.15) is 8.42 Å². The topological polar surface area (TPSA) is 60.4 Å². The normalized spacial score (nSPS) is 11.5. The maximum atomic E-state index is 12.4. The van der Waals surface area contributed by atoms with E-state index in [-0.39, 0.29) is 16.6 Å². The minimum atomic E-state index is -4.05. The van der Waals surface area contributed by atoms with Crippen LogP contribution in [0.4, 0.5) is 0 Å². The van der Waals surface area contributed by atoms with Gasteiger partial charge in [0.25, 0.3) is 0 Å². The van der Waals surface area contributed by atoms with E-state index in [1.165, 1.54) is 18.2 Å². The van der Waals surface area contributed by atoms with E-state index in [0.29, 0.717) is 3.57 Å². The van der Waals surface area contributed by atoms with Gasteiger partial charge in [0.1, 0.15) is 4.90 Å². The summed E-state index contributed by atoms with van der Waals surface area (Å²) in [5.41, 5.74) is 1.34. The first-order chi connectivity index (χ1) is 10.7. The fourth-order valence-corrected chi connectivity index (χ4v) is 3.29. The second-order valence-corrected chi connectivity index (χ2v) is 8.23. The summed E-state index contributed by atoms with van der Waals surface area (Å²) in [4.78, 5) is 12.3. The first-order valence-corrected chi connectivity index (χ1v) is 9.54. The predicted molar refractivity (Wildman–Crippen MR) is 98.5 cm³/mol. The van der Waals surface area contributed by atoms with Crippen molar-refractivity contribution in [2.75, 3.05) is 0 Å². The Hall–Kier alpha value is -1.41. The standard InChI is InChI=1S/C17H17IO4S/c1-11(2)13-6-9-15(18)17(19)16(10-13)22-23(20,21)14-7-4-12(3)5-8-14/h4-11H,1-3H3. The van der Waals surface area contributed by atoms with E-state index in [2.05, 4.69) is 0 Å². The van der Waals surface area contributed by atoms with Crippen LogP contribution in [-0.2, 0) is 10.1 Å². The highest BCUT2D eigenvalue weighted by molar-refractivity contribution is 14.1. The van der Waals surface area contributed by atoms with Crippen LogP contribution in [0.5, 0.6) is 5.75 Å². The molecule has 0 saturated heterocycles. The molecule has 0 amide bonds. The first kappa shape index (κ1) is 17.9. The lowest BCUT2D eigenvalue weighted by atomic mass is 10.1. The Bertz CT molecular complexity index is 872. The molecule has 0 aliphatic rings. The number of benzene rings is 1. The monoisotopic (exact) mass is 444 g/mol. The zero-order chi connectivity index (χ0) is 17.2. The number of hydrogen-bond acceptors (Lipinski definition) is 4. The van der Waals surface area contributed by atoms with E-state index in [4.69, 9.17) is 4.18 Å². The summed E-state index contributed by atoms with van der Waals surface area (Å²) in [6.07, 6.45) is 0. The third kappa shape index (κ3) is 4.32. The Labute approximate surface area is 149 Å². The zero-order valence-electron chi connectivity index (χ0n) is 13.0. The molecule has 0 heterocycles. The molecular weight excluding hydrogens is 427 g/mol. The van der Waals surface area contributed by atoms with Gasteiger partial charge in [0.2, 0.25) is 5.43 Å². The minimum absolute atomic E-state index is 0.0233. The molecule has 0 N–H and O–H groups in total. The molecule has 0 bridgehead atoms. The fourth-order valence-electron chi connectivity index (χ4n) is 1.92. The van der Waals surface area contributed by atoms with E-state index in [1.807, 2.05) is 43.4 Å². The molecule has 0 unspecified atom stereocenters. The van der Waals surface area contributed by atoms with E-state index in [9.17, 15) is 13.2 Å². The van der Waals surface area contributed by atoms with Crippen LogP contribution in [0.3, 0.4) is 0 Å². The maximum absolute atomic E-state index is 12.4. The van der Waals surface area contributed by atoms with Crippen molar-refractivity contribution in [3.05, 3.63) is 67.4 Å². The molecule has 4 nitrogen and oxygen atoms in total. The van der Waals surface area contributed by atoms with E-state index in [1.54, 1.807) is 24.3 Å². The highest BCUT2D eigenvalue weighted by Gasteiger charge is 2.19. The van der Waals surface area contributed by atoms with E-state index >= 15 is 0 Å². The van der Waals surface area contributed by atoms with Crippen molar-refractivity contribution >= 4 is 32.7 Å². The second-order valence-electron chi connectivity index (χ2n) is 5.52. The van der Waals surface area contributed by atoms with Crippen LogP contribution in [0.2, 0.25) is 0 Å². The van der Waals surface area contributed by atoms with Crippen molar-refractivity contribution in [3.8, 4) is 5.75 Å². The van der Waals surface area contributed by atoms with Crippen LogP contribution in [0.25, 0.3) is 0 Å². The van der Waals surface area contributed by atoms with Crippen LogP contribution < -0.4 is 9.61 Å². The summed E-state index contributed by atoms with van der Waals surface area (Å²) in [7, 11) is -4.05. The molecule has 0 spiro atoms. The molecule has 23 heavy (non-hydrogen) atoms. The van der Waals surface area contributed by atoms with Gasteiger partial charge in [-0.25, -0.2) is 0 Å². The van der Waals surface area contributed by atoms with Gasteiger partial charge in [0, 0.05) is 0 Å². The number of rotatable bonds is 4. The van der Waals surface area contributed by atoms with E-state index in [0.717, 1.165) is 11.1 Å². The fraction of sp³-hybridized carbons (Fsp3) is 0.235. The summed E-state index contributed by atoms with van der Waals surface area (Å²) >= 11 is 1.88. The van der Waals surface area contributed by atoms with Crippen LogP contribution in [0.15, 0.2) is 52.2 Å². The SMILES string of the molecule is Cc1ccc(S(=O)(=O)Oc2cc(C(C)C)ccc(I)c2=O)cc1. The van der Waals surface area contributed by atoms with Crippen LogP contribution in [-0.4, -0.2) is 8.42 Å². The second kappa shape index (κ2) is 7.00. The maximum Gasteiger partial charge on any atom is 0.339 e. The van der Waals surface area contributed by atoms with Crippen LogP contribution in [0, 0.1) is 10.5 Å². The van der Waals surface area contributed by atoms with Crippen molar-refractivity contribution in [2.24, 2.45) is 0 Å². The van der Waals surface area contributed by atoms with Crippen molar-refractivity contribution < 1.29 is 12.6 Å². The Morgan fingerprint density at radius 1 is 1.04 bits per heavy atom. The molecule has 0 fully saturated rings. The van der Waals surface area contributed by atoms with Crippen molar-refractivity contribution in [1.29, 1.82) is 0 Å². The Kier molecular flexibility index (Phi) is 5.46. The summed E-state index contributed by atoms with van der Waals surface area (Å²) < 4.78 is 30.3. The molecule has 0 saturated carbocycles. The van der Waals surface area contributed by atoms with Crippen molar-refractivity contribution in [2.45, 2.75) is 31.6 Å². The summed E-state index contributed by atoms with van der Waals surface area (Å²) in [5.74, 6) is -0.0364. The molecule has 0 aliphatic heterocycles. The summed E-state index contributed by atoms with van der Waals surface area (Å²) in [5, 5.41) is 0. The molecule has 122 valence electrons. The third-order valence-corrected chi connectivity index (χ3v) is 5.43. The van der Waals surface area contributed by atoms with Gasteiger partial charge in [-0.15, -0.1) is 0 Å². The van der Waals surface area contributed by atoms with Gasteiger partial charge in [-0.1, -0.05) is 37.6 Å². The lowest BCUT2D eigenvalue weighted by Crippen LogP contribution is -2.15. The lowest BCUT2D eigenvalue weighted by molar-refractivity contribution is 0.483. The van der Waals surface area contributed by atoms with Gasteiger partial charge >= 0.3 is 10.1 Å². The summed E-state index contributed by atoms with van der Waals surface area (Å²) in [6, 6.07) is 11.3. The first-order valence-electron chi connectivity index (χ1n) is 7.05. The molecule has 2 aromatic carbocycles. The number of halogens is 1. The molecular formula is C17H17IO4S. The summed E-state index contributed by atoms with van der Waals surface area (Å²) in [6.45, 7) is 5.79. The minimum Gasteiger partial charge on any atom is -0.375 e. The van der Waals surface area contributed by atoms with Crippen LogP contribution >= 0.6 is 22.6 Å². The van der Waals surface area contributed by atoms with Gasteiger partial charge in [0.05, 0.1) is 3.57 Å². The lowest BCUT2D eigenvalue weighted by Gasteiger charge is -2.07.